The highest BCUT2D eigenvalue weighted by atomic mass is 16.2. The Bertz CT molecular complexity index is 395. The molecule has 106 valence electrons. The van der Waals surface area contributed by atoms with Crippen molar-refractivity contribution < 1.29 is 4.79 Å². The lowest BCUT2D eigenvalue weighted by Crippen LogP contribution is -2.29. The van der Waals surface area contributed by atoms with Gasteiger partial charge in [-0.1, -0.05) is 12.5 Å². The lowest BCUT2D eigenvalue weighted by atomic mass is 10.2. The fourth-order valence-corrected chi connectivity index (χ4v) is 1.96. The molecule has 0 saturated heterocycles. The van der Waals surface area contributed by atoms with Gasteiger partial charge in [0.05, 0.1) is 5.69 Å². The Hall–Kier alpha value is -1.46. The summed E-state index contributed by atoms with van der Waals surface area (Å²) >= 11 is 0. The monoisotopic (exact) mass is 264 g/mol. The van der Waals surface area contributed by atoms with E-state index in [1.807, 2.05) is 19.1 Å². The molecule has 0 unspecified atom stereocenters. The molecular weight excluding hydrogens is 240 g/mol. The minimum atomic E-state index is -0.0858. The fraction of sp³-hybridized carbons (Fsp3) is 0.571. The smallest absolute Gasteiger partial charge is 0.233 e. The molecule has 1 aromatic rings. The van der Waals surface area contributed by atoms with E-state index in [0.717, 1.165) is 43.7 Å². The summed E-state index contributed by atoms with van der Waals surface area (Å²) in [6.45, 7) is 3.89. The quantitative estimate of drug-likeness (QED) is 0.322. The number of rotatable bonds is 8. The average Bonchev–Trinajstić information content (AvgIpc) is 2.38. The van der Waals surface area contributed by atoms with Crippen molar-refractivity contribution in [3.63, 3.8) is 0 Å². The molecule has 1 aromatic heterocycles. The van der Waals surface area contributed by atoms with Crippen LogP contribution >= 0.6 is 0 Å². The van der Waals surface area contributed by atoms with Crippen molar-refractivity contribution in [2.24, 2.45) is 5.84 Å². The molecule has 1 rings (SSSR count). The Morgan fingerprint density at radius 1 is 1.37 bits per heavy atom. The molecule has 3 N–H and O–H groups in total. The summed E-state index contributed by atoms with van der Waals surface area (Å²) in [5.74, 6) is 4.93. The first kappa shape index (κ1) is 15.6. The predicted octanol–water partition coefficient (Wildman–Crippen LogP) is 1.37. The van der Waals surface area contributed by atoms with Crippen LogP contribution in [0.2, 0.25) is 0 Å². The Balaban J connectivity index is 2.14. The van der Waals surface area contributed by atoms with Crippen molar-refractivity contribution in [3.05, 3.63) is 29.6 Å². The Morgan fingerprint density at radius 3 is 2.84 bits per heavy atom. The van der Waals surface area contributed by atoms with E-state index in [-0.39, 0.29) is 5.91 Å². The molecule has 0 aliphatic carbocycles. The average molecular weight is 264 g/mol. The molecule has 0 aliphatic heterocycles. The second-order valence-electron chi connectivity index (χ2n) is 4.89. The van der Waals surface area contributed by atoms with Gasteiger partial charge in [-0.2, -0.15) is 0 Å². The molecule has 1 heterocycles. The number of hydrazine groups is 1. The van der Waals surface area contributed by atoms with Gasteiger partial charge in [-0.25, -0.2) is 5.84 Å². The minimum absolute atomic E-state index is 0.0858. The normalized spacial score (nSPS) is 10.7. The number of nitrogens with two attached hydrogens (primary N) is 1. The SMILES string of the molecule is Cc1cccc(CN(C)CCCCCC(=O)NN)n1. The Morgan fingerprint density at radius 2 is 2.16 bits per heavy atom. The number of carbonyl (C=O) groups excluding carboxylic acids is 1. The van der Waals surface area contributed by atoms with E-state index in [1.165, 1.54) is 0 Å². The van der Waals surface area contributed by atoms with Gasteiger partial charge in [-0.05, 0) is 45.5 Å². The number of hydrogen-bond donors (Lipinski definition) is 2. The second-order valence-corrected chi connectivity index (χ2v) is 4.89. The van der Waals surface area contributed by atoms with Crippen LogP contribution in [0.15, 0.2) is 18.2 Å². The topological polar surface area (TPSA) is 71.2 Å². The third-order valence-corrected chi connectivity index (χ3v) is 2.98. The molecule has 0 radical (unpaired) electrons. The number of nitrogens with zero attached hydrogens (tertiary/aromatic N) is 2. The van der Waals surface area contributed by atoms with E-state index >= 15 is 0 Å². The molecule has 0 saturated carbocycles. The first-order chi connectivity index (χ1) is 9.11. The Labute approximate surface area is 115 Å². The molecule has 0 fully saturated rings. The number of carbonyl (C=O) groups is 1. The second kappa shape index (κ2) is 8.61. The maximum Gasteiger partial charge on any atom is 0.233 e. The first-order valence-electron chi connectivity index (χ1n) is 6.72. The zero-order chi connectivity index (χ0) is 14.1. The van der Waals surface area contributed by atoms with Crippen molar-refractivity contribution >= 4 is 5.91 Å². The van der Waals surface area contributed by atoms with Crippen LogP contribution in [0.4, 0.5) is 0 Å². The zero-order valence-electron chi connectivity index (χ0n) is 11.9. The summed E-state index contributed by atoms with van der Waals surface area (Å²) in [5, 5.41) is 0. The van der Waals surface area contributed by atoms with Crippen LogP contribution < -0.4 is 11.3 Å². The number of amides is 1. The van der Waals surface area contributed by atoms with Crippen molar-refractivity contribution in [2.45, 2.75) is 39.2 Å². The summed E-state index contributed by atoms with van der Waals surface area (Å²) in [7, 11) is 2.09. The van der Waals surface area contributed by atoms with Crippen LogP contribution in [0.25, 0.3) is 0 Å². The molecule has 0 atom stereocenters. The third-order valence-electron chi connectivity index (χ3n) is 2.98. The molecule has 0 aromatic carbocycles. The first-order valence-corrected chi connectivity index (χ1v) is 6.72. The van der Waals surface area contributed by atoms with Crippen molar-refractivity contribution in [2.75, 3.05) is 13.6 Å². The molecule has 5 heteroatoms. The minimum Gasteiger partial charge on any atom is -0.301 e. The van der Waals surface area contributed by atoms with E-state index in [1.54, 1.807) is 0 Å². The molecule has 0 bridgehead atoms. The molecular formula is C14H24N4O. The van der Waals surface area contributed by atoms with E-state index in [0.29, 0.717) is 6.42 Å². The van der Waals surface area contributed by atoms with Gasteiger partial charge in [0, 0.05) is 18.7 Å². The standard InChI is InChI=1S/C14H24N4O/c1-12-7-6-8-13(16-12)11-18(2)10-5-3-4-9-14(19)17-15/h6-8H,3-5,9-11,15H2,1-2H3,(H,17,19). The van der Waals surface area contributed by atoms with Gasteiger partial charge in [0.15, 0.2) is 0 Å². The summed E-state index contributed by atoms with van der Waals surface area (Å²) in [5.41, 5.74) is 4.30. The summed E-state index contributed by atoms with van der Waals surface area (Å²) in [4.78, 5) is 17.7. The number of aryl methyl sites for hydroxylation is 1. The van der Waals surface area contributed by atoms with Gasteiger partial charge >= 0.3 is 0 Å². The van der Waals surface area contributed by atoms with Gasteiger partial charge in [-0.3, -0.25) is 15.2 Å². The van der Waals surface area contributed by atoms with Crippen LogP contribution in [0.3, 0.4) is 0 Å². The molecule has 19 heavy (non-hydrogen) atoms. The highest BCUT2D eigenvalue weighted by Crippen LogP contribution is 2.05. The largest absolute Gasteiger partial charge is 0.301 e. The number of nitrogens with one attached hydrogen (secondary N) is 1. The van der Waals surface area contributed by atoms with Crippen LogP contribution in [-0.2, 0) is 11.3 Å². The van der Waals surface area contributed by atoms with E-state index in [4.69, 9.17) is 5.84 Å². The van der Waals surface area contributed by atoms with E-state index < -0.39 is 0 Å². The maximum atomic E-state index is 10.9. The number of aromatic nitrogens is 1. The summed E-state index contributed by atoms with van der Waals surface area (Å²) in [6.07, 6.45) is 3.53. The van der Waals surface area contributed by atoms with Crippen LogP contribution in [0.5, 0.6) is 0 Å². The van der Waals surface area contributed by atoms with Crippen molar-refractivity contribution in [1.82, 2.24) is 15.3 Å². The van der Waals surface area contributed by atoms with Gasteiger partial charge in [0.1, 0.15) is 0 Å². The van der Waals surface area contributed by atoms with Gasteiger partial charge in [-0.15, -0.1) is 0 Å². The molecule has 0 spiro atoms. The molecule has 1 amide bonds. The highest BCUT2D eigenvalue weighted by Gasteiger charge is 2.02. The number of pyridine rings is 1. The van der Waals surface area contributed by atoms with Crippen LogP contribution in [0, 0.1) is 6.92 Å². The van der Waals surface area contributed by atoms with Gasteiger partial charge < -0.3 is 4.90 Å². The number of hydrogen-bond acceptors (Lipinski definition) is 4. The van der Waals surface area contributed by atoms with Gasteiger partial charge in [0.2, 0.25) is 5.91 Å². The van der Waals surface area contributed by atoms with E-state index in [9.17, 15) is 4.79 Å². The van der Waals surface area contributed by atoms with Crippen LogP contribution in [-0.4, -0.2) is 29.4 Å². The number of unbranched alkanes of at least 4 members (excludes halogenated alkanes) is 2. The highest BCUT2D eigenvalue weighted by molar-refractivity contribution is 5.74. The van der Waals surface area contributed by atoms with Gasteiger partial charge in [0.25, 0.3) is 0 Å². The molecule has 5 nitrogen and oxygen atoms in total. The fourth-order valence-electron chi connectivity index (χ4n) is 1.96. The lowest BCUT2D eigenvalue weighted by molar-refractivity contribution is -0.121. The van der Waals surface area contributed by atoms with Crippen molar-refractivity contribution in [1.29, 1.82) is 0 Å². The summed E-state index contributed by atoms with van der Waals surface area (Å²) < 4.78 is 0. The third kappa shape index (κ3) is 6.88. The summed E-state index contributed by atoms with van der Waals surface area (Å²) in [6, 6.07) is 6.10. The van der Waals surface area contributed by atoms with E-state index in [2.05, 4.69) is 28.4 Å². The van der Waals surface area contributed by atoms with Crippen molar-refractivity contribution in [3.8, 4) is 0 Å². The lowest BCUT2D eigenvalue weighted by Gasteiger charge is -2.16. The maximum absolute atomic E-state index is 10.9. The zero-order valence-corrected chi connectivity index (χ0v) is 11.9. The Kier molecular flexibility index (Phi) is 7.07. The predicted molar refractivity (Wildman–Crippen MR) is 76.1 cm³/mol. The molecule has 0 aliphatic rings. The van der Waals surface area contributed by atoms with Crippen LogP contribution in [0.1, 0.15) is 37.1 Å².